The molecule has 0 unspecified atom stereocenters. The van der Waals surface area contributed by atoms with Crippen molar-refractivity contribution in [3.63, 3.8) is 0 Å². The van der Waals surface area contributed by atoms with Crippen LogP contribution in [0.15, 0.2) is 0 Å². The smallest absolute Gasteiger partial charge is 0.151 e. The van der Waals surface area contributed by atoms with Crippen LogP contribution in [0.25, 0.3) is 0 Å². The molecule has 4 heteroatoms. The first-order chi connectivity index (χ1) is 6.62. The maximum absolute atomic E-state index is 11.2. The summed E-state index contributed by atoms with van der Waals surface area (Å²) in [6.07, 6.45) is 7.42. The number of nitrogens with one attached hydrogen (secondary N) is 1. The highest BCUT2D eigenvalue weighted by Gasteiger charge is 2.07. The second kappa shape index (κ2) is 7.84. The van der Waals surface area contributed by atoms with Crippen LogP contribution in [0, 0.1) is 12.3 Å². The molecule has 0 saturated carbocycles. The van der Waals surface area contributed by atoms with Crippen molar-refractivity contribution in [1.29, 1.82) is 0 Å². The minimum atomic E-state index is -2.83. The predicted molar refractivity (Wildman–Crippen MR) is 59.9 cm³/mol. The zero-order chi connectivity index (χ0) is 10.9. The van der Waals surface area contributed by atoms with Crippen LogP contribution in [-0.4, -0.2) is 33.0 Å². The van der Waals surface area contributed by atoms with E-state index in [2.05, 4.69) is 11.2 Å². The Bertz CT molecular complexity index is 264. The summed E-state index contributed by atoms with van der Waals surface area (Å²) in [6, 6.07) is 0. The minimum absolute atomic E-state index is 0.233. The van der Waals surface area contributed by atoms with Crippen LogP contribution in [0.1, 0.15) is 26.2 Å². The van der Waals surface area contributed by atoms with Crippen LogP contribution >= 0.6 is 0 Å². The summed E-state index contributed by atoms with van der Waals surface area (Å²) in [5, 5.41) is 3.06. The van der Waals surface area contributed by atoms with Gasteiger partial charge in [-0.15, -0.1) is 12.3 Å². The predicted octanol–water partition coefficient (Wildman–Crippen LogP) is 0.814. The highest BCUT2D eigenvalue weighted by atomic mass is 32.2. The average Bonchev–Trinajstić information content (AvgIpc) is 2.11. The highest BCUT2D eigenvalue weighted by molar-refractivity contribution is 7.91. The molecule has 0 bridgehead atoms. The quantitative estimate of drug-likeness (QED) is 0.483. The molecule has 0 radical (unpaired) electrons. The minimum Gasteiger partial charge on any atom is -0.316 e. The topological polar surface area (TPSA) is 46.2 Å². The van der Waals surface area contributed by atoms with Crippen LogP contribution in [0.4, 0.5) is 0 Å². The maximum Gasteiger partial charge on any atom is 0.151 e. The van der Waals surface area contributed by atoms with Crippen LogP contribution in [-0.2, 0) is 9.84 Å². The molecular weight excluding hydrogens is 198 g/mol. The van der Waals surface area contributed by atoms with E-state index < -0.39 is 9.84 Å². The maximum atomic E-state index is 11.2. The summed E-state index contributed by atoms with van der Waals surface area (Å²) < 4.78 is 22.5. The van der Waals surface area contributed by atoms with Gasteiger partial charge in [0.25, 0.3) is 0 Å². The molecule has 0 aliphatic rings. The van der Waals surface area contributed by atoms with Crippen LogP contribution in [0.2, 0.25) is 0 Å². The van der Waals surface area contributed by atoms with Gasteiger partial charge in [0, 0.05) is 18.7 Å². The molecule has 1 N–H and O–H groups in total. The van der Waals surface area contributed by atoms with Gasteiger partial charge in [-0.3, -0.25) is 0 Å². The first kappa shape index (κ1) is 13.5. The SMILES string of the molecule is C#CCCCNCCS(=O)(=O)CCC. The molecular formula is C10H19NO2S. The standard InChI is InChI=1S/C10H19NO2S/c1-3-5-6-7-11-8-10-14(12,13)9-4-2/h1,11H,4-10H2,2H3. The van der Waals surface area contributed by atoms with E-state index in [0.717, 1.165) is 19.4 Å². The van der Waals surface area contributed by atoms with E-state index in [-0.39, 0.29) is 5.75 Å². The Morgan fingerprint density at radius 1 is 1.29 bits per heavy atom. The van der Waals surface area contributed by atoms with E-state index in [1.165, 1.54) is 0 Å². The third kappa shape index (κ3) is 8.09. The number of unbranched alkanes of at least 4 members (excludes halogenated alkanes) is 1. The van der Waals surface area contributed by atoms with Gasteiger partial charge in [-0.05, 0) is 19.4 Å². The van der Waals surface area contributed by atoms with Gasteiger partial charge < -0.3 is 5.32 Å². The fourth-order valence-corrected chi connectivity index (χ4v) is 2.36. The highest BCUT2D eigenvalue weighted by Crippen LogP contribution is 1.92. The molecule has 0 aliphatic carbocycles. The molecule has 82 valence electrons. The first-order valence-corrected chi connectivity index (χ1v) is 6.79. The molecule has 0 amide bonds. The number of rotatable bonds is 8. The Hall–Kier alpha value is -0.530. The third-order valence-corrected chi connectivity index (χ3v) is 3.64. The lowest BCUT2D eigenvalue weighted by Gasteiger charge is -2.04. The van der Waals surface area contributed by atoms with Crippen molar-refractivity contribution in [3.8, 4) is 12.3 Å². The van der Waals surface area contributed by atoms with Crippen LogP contribution in [0.3, 0.4) is 0 Å². The van der Waals surface area contributed by atoms with Crippen molar-refractivity contribution >= 4 is 9.84 Å². The summed E-state index contributed by atoms with van der Waals surface area (Å²) in [5.74, 6) is 3.06. The second-order valence-electron chi connectivity index (χ2n) is 3.21. The summed E-state index contributed by atoms with van der Waals surface area (Å²) in [5.41, 5.74) is 0. The van der Waals surface area contributed by atoms with Crippen LogP contribution in [0.5, 0.6) is 0 Å². The molecule has 0 spiro atoms. The molecule has 0 aromatic heterocycles. The summed E-state index contributed by atoms with van der Waals surface area (Å²) in [6.45, 7) is 3.21. The fourth-order valence-electron chi connectivity index (χ4n) is 1.08. The van der Waals surface area contributed by atoms with E-state index in [1.807, 2.05) is 6.92 Å². The van der Waals surface area contributed by atoms with E-state index in [4.69, 9.17) is 6.42 Å². The lowest BCUT2D eigenvalue weighted by molar-refractivity contribution is 0.588. The van der Waals surface area contributed by atoms with Gasteiger partial charge in [-0.2, -0.15) is 0 Å². The van der Waals surface area contributed by atoms with Crippen molar-refractivity contribution in [1.82, 2.24) is 5.32 Å². The van der Waals surface area contributed by atoms with Crippen molar-refractivity contribution in [2.75, 3.05) is 24.6 Å². The number of sulfone groups is 1. The van der Waals surface area contributed by atoms with Gasteiger partial charge >= 0.3 is 0 Å². The zero-order valence-electron chi connectivity index (χ0n) is 8.75. The second-order valence-corrected chi connectivity index (χ2v) is 5.51. The van der Waals surface area contributed by atoms with Gasteiger partial charge in [-0.1, -0.05) is 6.92 Å². The Morgan fingerprint density at radius 2 is 2.00 bits per heavy atom. The Balaban J connectivity index is 3.41. The zero-order valence-corrected chi connectivity index (χ0v) is 9.57. The van der Waals surface area contributed by atoms with E-state index in [0.29, 0.717) is 18.7 Å². The van der Waals surface area contributed by atoms with Crippen molar-refractivity contribution in [2.24, 2.45) is 0 Å². The molecule has 0 aromatic carbocycles. The lowest BCUT2D eigenvalue weighted by atomic mass is 10.3. The summed E-state index contributed by atoms with van der Waals surface area (Å²) in [4.78, 5) is 0. The van der Waals surface area contributed by atoms with Crippen LogP contribution < -0.4 is 5.32 Å². The number of hydrogen-bond donors (Lipinski definition) is 1. The normalized spacial score (nSPS) is 11.1. The molecule has 0 aromatic rings. The van der Waals surface area contributed by atoms with Crippen molar-refractivity contribution in [2.45, 2.75) is 26.2 Å². The third-order valence-electron chi connectivity index (χ3n) is 1.78. The van der Waals surface area contributed by atoms with Crippen molar-refractivity contribution in [3.05, 3.63) is 0 Å². The Morgan fingerprint density at radius 3 is 2.57 bits per heavy atom. The molecule has 0 rings (SSSR count). The van der Waals surface area contributed by atoms with Gasteiger partial charge in [0.2, 0.25) is 0 Å². The molecule has 14 heavy (non-hydrogen) atoms. The van der Waals surface area contributed by atoms with Gasteiger partial charge in [0.05, 0.1) is 5.75 Å². The van der Waals surface area contributed by atoms with E-state index in [9.17, 15) is 8.42 Å². The first-order valence-electron chi connectivity index (χ1n) is 4.97. The molecule has 3 nitrogen and oxygen atoms in total. The van der Waals surface area contributed by atoms with Crippen molar-refractivity contribution < 1.29 is 8.42 Å². The van der Waals surface area contributed by atoms with Gasteiger partial charge in [0.1, 0.15) is 0 Å². The monoisotopic (exact) mass is 217 g/mol. The lowest BCUT2D eigenvalue weighted by Crippen LogP contribution is -2.25. The Labute approximate surface area is 87.2 Å². The number of hydrogen-bond acceptors (Lipinski definition) is 3. The molecule has 0 saturated heterocycles. The van der Waals surface area contributed by atoms with Gasteiger partial charge in [0.15, 0.2) is 9.84 Å². The molecule has 0 fully saturated rings. The fraction of sp³-hybridized carbons (Fsp3) is 0.800. The molecule has 0 atom stereocenters. The largest absolute Gasteiger partial charge is 0.316 e. The average molecular weight is 217 g/mol. The van der Waals surface area contributed by atoms with E-state index in [1.54, 1.807) is 0 Å². The van der Waals surface area contributed by atoms with E-state index >= 15 is 0 Å². The summed E-state index contributed by atoms with van der Waals surface area (Å²) in [7, 11) is -2.83. The Kier molecular flexibility index (Phi) is 7.54. The number of terminal acetylenes is 1. The summed E-state index contributed by atoms with van der Waals surface area (Å²) >= 11 is 0. The molecule has 0 aliphatic heterocycles. The molecule has 0 heterocycles. The van der Waals surface area contributed by atoms with Gasteiger partial charge in [-0.25, -0.2) is 8.42 Å².